The SMILES string of the molecule is COC(=O)c1cc(C(F)F)nc(F)c1C#N. The number of esters is 1. The van der Waals surface area contributed by atoms with E-state index in [2.05, 4.69) is 9.72 Å². The fourth-order valence-electron chi connectivity index (χ4n) is 1.02. The third kappa shape index (κ3) is 2.11. The molecule has 7 heteroatoms. The van der Waals surface area contributed by atoms with Gasteiger partial charge < -0.3 is 4.74 Å². The number of methoxy groups -OCH3 is 1. The molecule has 16 heavy (non-hydrogen) atoms. The van der Waals surface area contributed by atoms with E-state index in [-0.39, 0.29) is 0 Å². The summed E-state index contributed by atoms with van der Waals surface area (Å²) in [6.07, 6.45) is -3.04. The molecule has 0 aromatic carbocycles. The van der Waals surface area contributed by atoms with E-state index in [1.165, 1.54) is 6.07 Å². The Bertz CT molecular complexity index is 469. The second-order valence-corrected chi connectivity index (χ2v) is 2.66. The summed E-state index contributed by atoms with van der Waals surface area (Å²) in [6.45, 7) is 0. The zero-order valence-corrected chi connectivity index (χ0v) is 8.00. The Labute approximate surface area is 88.3 Å². The van der Waals surface area contributed by atoms with E-state index in [0.29, 0.717) is 6.07 Å². The summed E-state index contributed by atoms with van der Waals surface area (Å²) in [5.41, 5.74) is -2.19. The molecule has 0 aliphatic carbocycles. The van der Waals surface area contributed by atoms with Crippen molar-refractivity contribution in [2.24, 2.45) is 0 Å². The molecule has 1 aromatic heterocycles. The molecular formula is C9H5F3N2O2. The van der Waals surface area contributed by atoms with Crippen molar-refractivity contribution in [3.8, 4) is 6.07 Å². The number of carbonyl (C=O) groups is 1. The number of carbonyl (C=O) groups excluding carboxylic acids is 1. The summed E-state index contributed by atoms with van der Waals surface area (Å²) in [4.78, 5) is 14.0. The monoisotopic (exact) mass is 230 g/mol. The van der Waals surface area contributed by atoms with Gasteiger partial charge in [0.1, 0.15) is 17.3 Å². The molecule has 0 unspecified atom stereocenters. The molecule has 1 rings (SSSR count). The Morgan fingerprint density at radius 3 is 2.69 bits per heavy atom. The van der Waals surface area contributed by atoms with Crippen LogP contribution in [0.3, 0.4) is 0 Å². The summed E-state index contributed by atoms with van der Waals surface area (Å²) >= 11 is 0. The van der Waals surface area contributed by atoms with Gasteiger partial charge in [0.05, 0.1) is 12.7 Å². The molecule has 0 fully saturated rings. The standard InChI is InChI=1S/C9H5F3N2O2/c1-16-9(15)4-2-6(7(10)11)14-8(12)5(4)3-13/h2,7H,1H3. The third-order valence-electron chi connectivity index (χ3n) is 1.74. The van der Waals surface area contributed by atoms with Gasteiger partial charge in [-0.25, -0.2) is 18.6 Å². The molecule has 1 heterocycles. The fourth-order valence-corrected chi connectivity index (χ4v) is 1.02. The number of rotatable bonds is 2. The predicted octanol–water partition coefficient (Wildman–Crippen LogP) is 1.82. The molecule has 0 amide bonds. The number of ether oxygens (including phenoxy) is 1. The van der Waals surface area contributed by atoms with Gasteiger partial charge in [-0.3, -0.25) is 0 Å². The van der Waals surface area contributed by atoms with E-state index < -0.39 is 35.2 Å². The molecule has 0 atom stereocenters. The maximum atomic E-state index is 13.1. The normalized spacial score (nSPS) is 10.0. The molecule has 0 bridgehead atoms. The van der Waals surface area contributed by atoms with Gasteiger partial charge >= 0.3 is 5.97 Å². The minimum absolute atomic E-state index is 0.562. The first kappa shape index (κ1) is 12.0. The average molecular weight is 230 g/mol. The van der Waals surface area contributed by atoms with Crippen molar-refractivity contribution in [3.63, 3.8) is 0 Å². The number of alkyl halides is 2. The van der Waals surface area contributed by atoms with Crippen LogP contribution < -0.4 is 0 Å². The van der Waals surface area contributed by atoms with Gasteiger partial charge in [0, 0.05) is 0 Å². The Kier molecular flexibility index (Phi) is 3.45. The Morgan fingerprint density at radius 2 is 2.25 bits per heavy atom. The summed E-state index contributed by atoms with van der Waals surface area (Å²) in [5.74, 6) is -2.49. The van der Waals surface area contributed by atoms with Crippen LogP contribution in [0.5, 0.6) is 0 Å². The largest absolute Gasteiger partial charge is 0.465 e. The summed E-state index contributed by atoms with van der Waals surface area (Å²) in [5, 5.41) is 8.55. The van der Waals surface area contributed by atoms with Crippen molar-refractivity contribution in [1.29, 1.82) is 5.26 Å². The van der Waals surface area contributed by atoms with Crippen molar-refractivity contribution in [3.05, 3.63) is 28.8 Å². The topological polar surface area (TPSA) is 63.0 Å². The highest BCUT2D eigenvalue weighted by Gasteiger charge is 2.22. The van der Waals surface area contributed by atoms with E-state index in [4.69, 9.17) is 5.26 Å². The molecule has 4 nitrogen and oxygen atoms in total. The maximum absolute atomic E-state index is 13.1. The van der Waals surface area contributed by atoms with Crippen LogP contribution in [0.2, 0.25) is 0 Å². The zero-order valence-electron chi connectivity index (χ0n) is 8.00. The van der Waals surface area contributed by atoms with E-state index in [0.717, 1.165) is 7.11 Å². The third-order valence-corrected chi connectivity index (χ3v) is 1.74. The first-order valence-corrected chi connectivity index (χ1v) is 3.98. The van der Waals surface area contributed by atoms with Gasteiger partial charge in [-0.05, 0) is 6.07 Å². The van der Waals surface area contributed by atoms with Gasteiger partial charge in [0.15, 0.2) is 0 Å². The summed E-state index contributed by atoms with van der Waals surface area (Å²) in [6, 6.07) is 2.00. The van der Waals surface area contributed by atoms with Crippen molar-refractivity contribution in [2.45, 2.75) is 6.43 Å². The highest BCUT2D eigenvalue weighted by molar-refractivity contribution is 5.92. The number of hydrogen-bond acceptors (Lipinski definition) is 4. The van der Waals surface area contributed by atoms with Crippen LogP contribution in [-0.2, 0) is 4.74 Å². The molecule has 0 spiro atoms. The first-order chi connectivity index (χ1) is 7.51. The van der Waals surface area contributed by atoms with Crippen molar-refractivity contribution >= 4 is 5.97 Å². The fraction of sp³-hybridized carbons (Fsp3) is 0.222. The molecule has 84 valence electrons. The summed E-state index contributed by atoms with van der Waals surface area (Å²) < 4.78 is 41.9. The van der Waals surface area contributed by atoms with Crippen molar-refractivity contribution in [1.82, 2.24) is 4.98 Å². The van der Waals surface area contributed by atoms with Crippen LogP contribution >= 0.6 is 0 Å². The van der Waals surface area contributed by atoms with Crippen LogP contribution in [-0.4, -0.2) is 18.1 Å². The zero-order chi connectivity index (χ0) is 12.3. The van der Waals surface area contributed by atoms with Crippen molar-refractivity contribution in [2.75, 3.05) is 7.11 Å². The summed E-state index contributed by atoms with van der Waals surface area (Å²) in [7, 11) is 0.990. The predicted molar refractivity (Wildman–Crippen MR) is 45.2 cm³/mol. The number of halogens is 3. The Hall–Kier alpha value is -2.10. The van der Waals surface area contributed by atoms with Crippen LogP contribution in [0.1, 0.15) is 28.0 Å². The van der Waals surface area contributed by atoms with E-state index >= 15 is 0 Å². The van der Waals surface area contributed by atoms with Crippen LogP contribution in [0.25, 0.3) is 0 Å². The number of pyridine rings is 1. The second-order valence-electron chi connectivity index (χ2n) is 2.66. The van der Waals surface area contributed by atoms with Gasteiger partial charge in [-0.15, -0.1) is 0 Å². The van der Waals surface area contributed by atoms with Crippen LogP contribution in [0.15, 0.2) is 6.07 Å². The highest BCUT2D eigenvalue weighted by Crippen LogP contribution is 2.21. The van der Waals surface area contributed by atoms with Crippen molar-refractivity contribution < 1.29 is 22.7 Å². The number of nitrogens with zero attached hydrogens (tertiary/aromatic N) is 2. The minimum Gasteiger partial charge on any atom is -0.465 e. The maximum Gasteiger partial charge on any atom is 0.339 e. The lowest BCUT2D eigenvalue weighted by atomic mass is 10.1. The number of nitriles is 1. The molecule has 1 aromatic rings. The van der Waals surface area contributed by atoms with E-state index in [1.807, 2.05) is 0 Å². The van der Waals surface area contributed by atoms with Crippen LogP contribution in [0.4, 0.5) is 13.2 Å². The number of aromatic nitrogens is 1. The molecular weight excluding hydrogens is 225 g/mol. The molecule has 0 aliphatic heterocycles. The average Bonchev–Trinajstić information content (AvgIpc) is 2.26. The quantitative estimate of drug-likeness (QED) is 0.574. The minimum atomic E-state index is -3.04. The molecule has 0 saturated carbocycles. The van der Waals surface area contributed by atoms with E-state index in [9.17, 15) is 18.0 Å². The smallest absolute Gasteiger partial charge is 0.339 e. The van der Waals surface area contributed by atoms with Gasteiger partial charge in [-0.2, -0.15) is 9.65 Å². The second kappa shape index (κ2) is 4.61. The Balaban J connectivity index is 3.44. The molecule has 0 radical (unpaired) electrons. The lowest BCUT2D eigenvalue weighted by molar-refractivity contribution is 0.0598. The molecule has 0 saturated heterocycles. The molecule has 0 aliphatic rings. The van der Waals surface area contributed by atoms with Gasteiger partial charge in [0.2, 0.25) is 5.95 Å². The van der Waals surface area contributed by atoms with Gasteiger partial charge in [-0.1, -0.05) is 0 Å². The van der Waals surface area contributed by atoms with E-state index in [1.54, 1.807) is 0 Å². The van der Waals surface area contributed by atoms with Crippen LogP contribution in [0, 0.1) is 17.3 Å². The van der Waals surface area contributed by atoms with Gasteiger partial charge in [0.25, 0.3) is 6.43 Å². The highest BCUT2D eigenvalue weighted by atomic mass is 19.3. The lowest BCUT2D eigenvalue weighted by Crippen LogP contribution is -2.09. The Morgan fingerprint density at radius 1 is 1.62 bits per heavy atom. The first-order valence-electron chi connectivity index (χ1n) is 3.98. The lowest BCUT2D eigenvalue weighted by Gasteiger charge is -2.05. The number of hydrogen-bond donors (Lipinski definition) is 0. The molecule has 0 N–H and O–H groups in total.